The van der Waals surface area contributed by atoms with Crippen molar-refractivity contribution in [2.75, 3.05) is 5.32 Å². The second-order valence-corrected chi connectivity index (χ2v) is 4.96. The average Bonchev–Trinajstić information content (AvgIpc) is 2.86. The highest BCUT2D eigenvalue weighted by Crippen LogP contribution is 2.25. The van der Waals surface area contributed by atoms with Gasteiger partial charge in [-0.25, -0.2) is 15.0 Å². The van der Waals surface area contributed by atoms with Crippen molar-refractivity contribution >= 4 is 34.2 Å². The third-order valence-electron chi connectivity index (χ3n) is 3.29. The summed E-state index contributed by atoms with van der Waals surface area (Å²) in [6, 6.07) is 1.71. The first-order valence-corrected chi connectivity index (χ1v) is 6.78. The van der Waals surface area contributed by atoms with Gasteiger partial charge in [0.1, 0.15) is 18.7 Å². The number of hydrogen-bond donors (Lipinski definition) is 2. The van der Waals surface area contributed by atoms with E-state index in [-0.39, 0.29) is 12.3 Å². The maximum atomic E-state index is 11.8. The fourth-order valence-electron chi connectivity index (χ4n) is 2.32. The Morgan fingerprint density at radius 1 is 1.26 bits per heavy atom. The van der Waals surface area contributed by atoms with Gasteiger partial charge in [-0.05, 0) is 13.0 Å². The van der Waals surface area contributed by atoms with E-state index in [1.54, 1.807) is 18.5 Å². The van der Waals surface area contributed by atoms with Crippen molar-refractivity contribution < 1.29 is 14.7 Å². The van der Waals surface area contributed by atoms with Gasteiger partial charge in [0.15, 0.2) is 5.78 Å². The number of anilines is 2. The topological polar surface area (TPSA) is 110 Å². The molecule has 3 aromatic heterocycles. The van der Waals surface area contributed by atoms with E-state index >= 15 is 0 Å². The minimum Gasteiger partial charge on any atom is -0.480 e. The summed E-state index contributed by atoms with van der Waals surface area (Å²) < 4.78 is 1.50. The van der Waals surface area contributed by atoms with Gasteiger partial charge in [-0.3, -0.25) is 9.59 Å². The molecule has 8 nitrogen and oxygen atoms in total. The Bertz CT molecular complexity index is 889. The first-order chi connectivity index (χ1) is 11.0. The Balaban J connectivity index is 2.05. The lowest BCUT2D eigenvalue weighted by atomic mass is 10.1. The van der Waals surface area contributed by atoms with Gasteiger partial charge in [0.2, 0.25) is 0 Å². The van der Waals surface area contributed by atoms with Crippen LogP contribution in [0.25, 0.3) is 10.9 Å². The SMILES string of the molecule is CC(=O)c1cn(CC(=O)O)c2cnc(Nc3cncnc3)cc12. The van der Waals surface area contributed by atoms with Crippen molar-refractivity contribution in [3.05, 3.63) is 42.7 Å². The smallest absolute Gasteiger partial charge is 0.323 e. The molecule has 3 aromatic rings. The van der Waals surface area contributed by atoms with Crippen LogP contribution in [0.4, 0.5) is 11.5 Å². The predicted octanol–water partition coefficient (Wildman–Crippen LogP) is 1.86. The third kappa shape index (κ3) is 3.00. The van der Waals surface area contributed by atoms with Crippen LogP contribution in [0.5, 0.6) is 0 Å². The fraction of sp³-hybridized carbons (Fsp3) is 0.133. The molecular formula is C15H13N5O3. The van der Waals surface area contributed by atoms with Crippen LogP contribution in [0.2, 0.25) is 0 Å². The van der Waals surface area contributed by atoms with Gasteiger partial charge < -0.3 is 15.0 Å². The summed E-state index contributed by atoms with van der Waals surface area (Å²) in [7, 11) is 0. The molecule has 0 aliphatic carbocycles. The van der Waals surface area contributed by atoms with E-state index in [9.17, 15) is 9.59 Å². The summed E-state index contributed by atoms with van der Waals surface area (Å²) >= 11 is 0. The number of pyridine rings is 1. The van der Waals surface area contributed by atoms with Crippen molar-refractivity contribution in [1.29, 1.82) is 0 Å². The Kier molecular flexibility index (Phi) is 3.71. The molecule has 0 radical (unpaired) electrons. The lowest BCUT2D eigenvalue weighted by Gasteiger charge is -2.05. The molecule has 0 saturated heterocycles. The molecule has 3 heterocycles. The van der Waals surface area contributed by atoms with E-state index < -0.39 is 5.97 Å². The van der Waals surface area contributed by atoms with Crippen LogP contribution in [-0.4, -0.2) is 36.4 Å². The van der Waals surface area contributed by atoms with Gasteiger partial charge in [-0.2, -0.15) is 0 Å². The summed E-state index contributed by atoms with van der Waals surface area (Å²) in [5.74, 6) is -0.608. The largest absolute Gasteiger partial charge is 0.480 e. The van der Waals surface area contributed by atoms with E-state index in [2.05, 4.69) is 20.3 Å². The second-order valence-electron chi connectivity index (χ2n) is 4.96. The number of fused-ring (bicyclic) bond motifs is 1. The first kappa shape index (κ1) is 14.6. The molecule has 0 unspecified atom stereocenters. The number of rotatable bonds is 5. The Labute approximate surface area is 130 Å². The monoisotopic (exact) mass is 311 g/mol. The molecule has 0 aromatic carbocycles. The van der Waals surface area contributed by atoms with E-state index in [0.717, 1.165) is 0 Å². The number of hydrogen-bond acceptors (Lipinski definition) is 6. The van der Waals surface area contributed by atoms with Crippen molar-refractivity contribution in [2.45, 2.75) is 13.5 Å². The molecule has 116 valence electrons. The Morgan fingerprint density at radius 3 is 2.65 bits per heavy atom. The highest BCUT2D eigenvalue weighted by Gasteiger charge is 2.15. The number of aliphatic carboxylic acids is 1. The standard InChI is InChI=1S/C15H13N5O3/c1-9(21)12-6-20(7-15(22)23)13-5-18-14(2-11(12)13)19-10-3-16-8-17-4-10/h2-6,8H,7H2,1H3,(H,18,19)(H,22,23). The Hall–Kier alpha value is -3.29. The lowest BCUT2D eigenvalue weighted by Crippen LogP contribution is -2.07. The second kappa shape index (κ2) is 5.84. The minimum absolute atomic E-state index is 0.140. The maximum Gasteiger partial charge on any atom is 0.323 e. The molecule has 0 aliphatic rings. The molecule has 23 heavy (non-hydrogen) atoms. The molecule has 2 N–H and O–H groups in total. The molecule has 0 saturated carbocycles. The van der Waals surface area contributed by atoms with Gasteiger partial charge in [0, 0.05) is 17.1 Å². The summed E-state index contributed by atoms with van der Waals surface area (Å²) in [5, 5.41) is 12.7. The van der Waals surface area contributed by atoms with Crippen LogP contribution in [0.3, 0.4) is 0 Å². The highest BCUT2D eigenvalue weighted by atomic mass is 16.4. The average molecular weight is 311 g/mol. The van der Waals surface area contributed by atoms with Crippen LogP contribution in [0.1, 0.15) is 17.3 Å². The van der Waals surface area contributed by atoms with Gasteiger partial charge in [-0.15, -0.1) is 0 Å². The number of carbonyl (C=O) groups is 2. The highest BCUT2D eigenvalue weighted by molar-refractivity contribution is 6.07. The zero-order valence-corrected chi connectivity index (χ0v) is 12.2. The van der Waals surface area contributed by atoms with Gasteiger partial charge in [0.05, 0.1) is 29.8 Å². The minimum atomic E-state index is -0.986. The van der Waals surface area contributed by atoms with Crippen molar-refractivity contribution in [3.63, 3.8) is 0 Å². The summed E-state index contributed by atoms with van der Waals surface area (Å²) in [6.07, 6.45) is 7.69. The molecule has 0 spiro atoms. The molecule has 0 amide bonds. The number of nitrogens with one attached hydrogen (secondary N) is 1. The number of carboxylic acid groups (broad SMARTS) is 1. The van der Waals surface area contributed by atoms with Crippen LogP contribution < -0.4 is 5.32 Å². The predicted molar refractivity (Wildman–Crippen MR) is 82.7 cm³/mol. The molecule has 3 rings (SSSR count). The first-order valence-electron chi connectivity index (χ1n) is 6.78. The number of Topliss-reactive ketones (excluding diaryl/α,β-unsaturated/α-hetero) is 1. The van der Waals surface area contributed by atoms with Crippen molar-refractivity contribution in [3.8, 4) is 0 Å². The quantitative estimate of drug-likeness (QED) is 0.692. The van der Waals surface area contributed by atoms with E-state index in [0.29, 0.717) is 28.0 Å². The van der Waals surface area contributed by atoms with E-state index in [4.69, 9.17) is 5.11 Å². The van der Waals surface area contributed by atoms with Gasteiger partial charge in [-0.1, -0.05) is 0 Å². The molecule has 0 atom stereocenters. The normalized spacial score (nSPS) is 10.7. The number of nitrogens with zero attached hydrogens (tertiary/aromatic N) is 4. The third-order valence-corrected chi connectivity index (χ3v) is 3.29. The van der Waals surface area contributed by atoms with Gasteiger partial charge >= 0.3 is 5.97 Å². The van der Waals surface area contributed by atoms with E-state index in [1.165, 1.54) is 30.2 Å². The van der Waals surface area contributed by atoms with Crippen molar-refractivity contribution in [2.24, 2.45) is 0 Å². The number of ketones is 1. The zero-order valence-electron chi connectivity index (χ0n) is 12.2. The Morgan fingerprint density at radius 2 is 2.00 bits per heavy atom. The summed E-state index contributed by atoms with van der Waals surface area (Å²) in [4.78, 5) is 34.8. The summed E-state index contributed by atoms with van der Waals surface area (Å²) in [6.45, 7) is 1.21. The van der Waals surface area contributed by atoms with Crippen LogP contribution >= 0.6 is 0 Å². The van der Waals surface area contributed by atoms with Crippen LogP contribution in [-0.2, 0) is 11.3 Å². The number of carboxylic acids is 1. The fourth-order valence-corrected chi connectivity index (χ4v) is 2.32. The van der Waals surface area contributed by atoms with Crippen LogP contribution in [0.15, 0.2) is 37.2 Å². The lowest BCUT2D eigenvalue weighted by molar-refractivity contribution is -0.137. The van der Waals surface area contributed by atoms with Crippen LogP contribution in [0, 0.1) is 0 Å². The zero-order chi connectivity index (χ0) is 16.4. The molecule has 0 fully saturated rings. The molecule has 0 bridgehead atoms. The number of aromatic nitrogens is 4. The summed E-state index contributed by atoms with van der Waals surface area (Å²) in [5.41, 5.74) is 1.71. The van der Waals surface area contributed by atoms with Gasteiger partial charge in [0.25, 0.3) is 0 Å². The molecular weight excluding hydrogens is 298 g/mol. The van der Waals surface area contributed by atoms with E-state index in [1.807, 2.05) is 0 Å². The number of carbonyl (C=O) groups excluding carboxylic acids is 1. The molecule has 8 heteroatoms. The van der Waals surface area contributed by atoms with Crippen molar-refractivity contribution in [1.82, 2.24) is 19.5 Å². The molecule has 0 aliphatic heterocycles. The maximum absolute atomic E-state index is 11.8.